The molecule has 0 aliphatic heterocycles. The van der Waals surface area contributed by atoms with Gasteiger partial charge < -0.3 is 10.1 Å². The van der Waals surface area contributed by atoms with Crippen molar-refractivity contribution in [1.29, 1.82) is 0 Å². The lowest BCUT2D eigenvalue weighted by Gasteiger charge is -2.59. The van der Waals surface area contributed by atoms with Crippen molar-refractivity contribution in [2.24, 2.45) is 17.8 Å². The van der Waals surface area contributed by atoms with Crippen molar-refractivity contribution >= 4 is 28.2 Å². The Bertz CT molecular complexity index is 722. The molecule has 0 spiro atoms. The summed E-state index contributed by atoms with van der Waals surface area (Å²) in [5, 5.41) is 3.63. The molecular formula is C22H32N2O3S. The highest BCUT2D eigenvalue weighted by molar-refractivity contribution is 7.16. The Kier molecular flexibility index (Phi) is 5.53. The van der Waals surface area contributed by atoms with Crippen LogP contribution < -0.4 is 5.32 Å². The fourth-order valence-corrected chi connectivity index (χ4v) is 7.15. The second-order valence-electron chi connectivity index (χ2n) is 9.08. The minimum absolute atomic E-state index is 0.0340. The number of likely N-dealkylation sites (N-methyl/N-ethyl adjacent to an activating group) is 1. The van der Waals surface area contributed by atoms with Crippen LogP contribution >= 0.6 is 11.3 Å². The number of carbonyl (C=O) groups is 2. The van der Waals surface area contributed by atoms with Crippen LogP contribution in [0.15, 0.2) is 6.07 Å². The number of aryl methyl sites for hydroxylation is 1. The van der Waals surface area contributed by atoms with Gasteiger partial charge in [-0.15, -0.1) is 11.3 Å². The normalized spacial score (nSPS) is 30.6. The molecule has 1 N–H and O–H groups in total. The average Bonchev–Trinajstić information content (AvgIpc) is 3.03. The average molecular weight is 405 g/mol. The number of amides is 1. The van der Waals surface area contributed by atoms with Gasteiger partial charge in [-0.1, -0.05) is 6.92 Å². The van der Waals surface area contributed by atoms with Crippen molar-refractivity contribution in [2.45, 2.75) is 64.3 Å². The maximum absolute atomic E-state index is 12.8. The van der Waals surface area contributed by atoms with E-state index in [1.54, 1.807) is 6.92 Å². The maximum atomic E-state index is 12.8. The lowest BCUT2D eigenvalue weighted by molar-refractivity contribution is -0.123. The van der Waals surface area contributed by atoms with Gasteiger partial charge >= 0.3 is 5.97 Å². The maximum Gasteiger partial charge on any atom is 0.341 e. The molecule has 4 fully saturated rings. The summed E-state index contributed by atoms with van der Waals surface area (Å²) in [6, 6.07) is 1.85. The molecule has 154 valence electrons. The number of nitrogens with zero attached hydrogens (tertiary/aromatic N) is 1. The van der Waals surface area contributed by atoms with E-state index < -0.39 is 0 Å². The van der Waals surface area contributed by atoms with Gasteiger partial charge in [-0.25, -0.2) is 4.79 Å². The van der Waals surface area contributed by atoms with Gasteiger partial charge in [-0.2, -0.15) is 0 Å². The smallest absolute Gasteiger partial charge is 0.341 e. The van der Waals surface area contributed by atoms with Crippen molar-refractivity contribution in [1.82, 2.24) is 4.90 Å². The Labute approximate surface area is 171 Å². The van der Waals surface area contributed by atoms with Crippen molar-refractivity contribution in [3.63, 3.8) is 0 Å². The van der Waals surface area contributed by atoms with Crippen LogP contribution in [0.5, 0.6) is 0 Å². The molecule has 0 aromatic carbocycles. The minimum atomic E-state index is -0.358. The number of carbonyl (C=O) groups excluding carboxylic acids is 2. The number of esters is 1. The zero-order chi connectivity index (χ0) is 19.9. The van der Waals surface area contributed by atoms with Crippen LogP contribution in [0.3, 0.4) is 0 Å². The van der Waals surface area contributed by atoms with Crippen molar-refractivity contribution in [3.05, 3.63) is 16.5 Å². The summed E-state index contributed by atoms with van der Waals surface area (Å²) in [5.41, 5.74) is 0.689. The van der Waals surface area contributed by atoms with Crippen LogP contribution in [0.2, 0.25) is 0 Å². The van der Waals surface area contributed by atoms with Crippen LogP contribution in [0.25, 0.3) is 0 Å². The molecule has 5 rings (SSSR count). The second-order valence-corrected chi connectivity index (χ2v) is 10.2. The summed E-state index contributed by atoms with van der Waals surface area (Å²) in [7, 11) is 2.12. The SMILES string of the molecule is CCOC(=O)c1cc(CC)sc1NC(=O)CN(C)C12CC3CC(CC(C3)C1)C2. The molecule has 1 amide bonds. The number of nitrogens with one attached hydrogen (secondary N) is 1. The number of rotatable bonds is 7. The molecule has 0 radical (unpaired) electrons. The van der Waals surface area contributed by atoms with Gasteiger partial charge in [0.15, 0.2) is 0 Å². The van der Waals surface area contributed by atoms with Crippen molar-refractivity contribution < 1.29 is 14.3 Å². The number of hydrogen-bond donors (Lipinski definition) is 1. The van der Waals surface area contributed by atoms with Gasteiger partial charge in [0.25, 0.3) is 0 Å². The first-order valence-electron chi connectivity index (χ1n) is 10.7. The van der Waals surface area contributed by atoms with Gasteiger partial charge in [0.2, 0.25) is 5.91 Å². The van der Waals surface area contributed by atoms with Gasteiger partial charge in [0.1, 0.15) is 5.00 Å². The predicted molar refractivity (Wildman–Crippen MR) is 112 cm³/mol. The largest absolute Gasteiger partial charge is 0.462 e. The standard InChI is InChI=1S/C22H32N2O3S/c1-4-17-9-18(21(26)27-5-2)20(28-17)23-19(25)13-24(3)22-10-14-6-15(11-22)8-16(7-14)12-22/h9,14-16H,4-8,10-13H2,1-3H3,(H,23,25). The summed E-state index contributed by atoms with van der Waals surface area (Å²) in [6.45, 7) is 4.56. The highest BCUT2D eigenvalue weighted by atomic mass is 32.1. The zero-order valence-corrected chi connectivity index (χ0v) is 18.1. The van der Waals surface area contributed by atoms with Crippen LogP contribution in [-0.4, -0.2) is 42.5 Å². The van der Waals surface area contributed by atoms with E-state index in [1.165, 1.54) is 49.9 Å². The Hall–Kier alpha value is -1.40. The monoisotopic (exact) mass is 404 g/mol. The molecule has 4 bridgehead atoms. The number of ether oxygens (including phenoxy) is 1. The van der Waals surface area contributed by atoms with E-state index in [-0.39, 0.29) is 17.4 Å². The molecule has 5 nitrogen and oxygen atoms in total. The fraction of sp³-hybridized carbons (Fsp3) is 0.727. The third-order valence-electron chi connectivity index (χ3n) is 7.08. The molecule has 4 saturated carbocycles. The van der Waals surface area contributed by atoms with Gasteiger partial charge in [0.05, 0.1) is 18.7 Å². The third kappa shape index (κ3) is 3.73. The predicted octanol–water partition coefficient (Wildman–Crippen LogP) is 4.33. The molecule has 1 heterocycles. The van der Waals surface area contributed by atoms with Gasteiger partial charge in [-0.05, 0) is 82.7 Å². The molecule has 1 aromatic rings. The summed E-state index contributed by atoms with van der Waals surface area (Å²) in [6.07, 6.45) is 8.77. The van der Waals surface area contributed by atoms with Crippen molar-refractivity contribution in [2.75, 3.05) is 25.5 Å². The van der Waals surface area contributed by atoms with Crippen LogP contribution in [0, 0.1) is 17.8 Å². The van der Waals surface area contributed by atoms with E-state index >= 15 is 0 Å². The van der Waals surface area contributed by atoms with E-state index in [9.17, 15) is 9.59 Å². The summed E-state index contributed by atoms with van der Waals surface area (Å²) in [5.74, 6) is 2.18. The summed E-state index contributed by atoms with van der Waals surface area (Å²) >= 11 is 1.48. The van der Waals surface area contributed by atoms with E-state index in [4.69, 9.17) is 4.74 Å². The Morgan fingerprint density at radius 3 is 2.32 bits per heavy atom. The van der Waals surface area contributed by atoms with Gasteiger partial charge in [-0.3, -0.25) is 9.69 Å². The first kappa shape index (κ1) is 19.9. The second kappa shape index (κ2) is 7.79. The highest BCUT2D eigenvalue weighted by Gasteiger charge is 2.52. The quantitative estimate of drug-likeness (QED) is 0.688. The Morgan fingerprint density at radius 1 is 1.18 bits per heavy atom. The van der Waals surface area contributed by atoms with Crippen LogP contribution in [0.1, 0.15) is 67.6 Å². The molecule has 1 aromatic heterocycles. The Morgan fingerprint density at radius 2 is 1.79 bits per heavy atom. The van der Waals surface area contributed by atoms with Gasteiger partial charge in [0, 0.05) is 10.4 Å². The molecule has 0 saturated heterocycles. The molecule has 6 heteroatoms. The zero-order valence-electron chi connectivity index (χ0n) is 17.3. The molecule has 4 aliphatic rings. The Balaban J connectivity index is 1.43. The van der Waals surface area contributed by atoms with E-state index in [2.05, 4.69) is 17.3 Å². The first-order valence-corrected chi connectivity index (χ1v) is 11.5. The van der Waals surface area contributed by atoms with E-state index in [0.29, 0.717) is 23.7 Å². The molecule has 28 heavy (non-hydrogen) atoms. The first-order chi connectivity index (χ1) is 13.4. The summed E-state index contributed by atoms with van der Waals surface area (Å²) in [4.78, 5) is 28.5. The molecular weight excluding hydrogens is 372 g/mol. The van der Waals surface area contributed by atoms with Crippen LogP contribution in [0.4, 0.5) is 5.00 Å². The minimum Gasteiger partial charge on any atom is -0.462 e. The van der Waals surface area contributed by atoms with E-state index in [0.717, 1.165) is 29.1 Å². The molecule has 0 unspecified atom stereocenters. The lowest BCUT2D eigenvalue weighted by Crippen LogP contribution is -2.59. The number of thiophene rings is 1. The van der Waals surface area contributed by atoms with Crippen LogP contribution in [-0.2, 0) is 16.0 Å². The lowest BCUT2D eigenvalue weighted by atomic mass is 9.52. The summed E-state index contributed by atoms with van der Waals surface area (Å²) < 4.78 is 5.16. The molecule has 0 atom stereocenters. The third-order valence-corrected chi connectivity index (χ3v) is 8.27. The fourth-order valence-electron chi connectivity index (χ4n) is 6.15. The molecule has 4 aliphatic carbocycles. The number of hydrogen-bond acceptors (Lipinski definition) is 5. The number of anilines is 1. The topological polar surface area (TPSA) is 58.6 Å². The highest BCUT2D eigenvalue weighted by Crippen LogP contribution is 2.57. The van der Waals surface area contributed by atoms with Crippen molar-refractivity contribution in [3.8, 4) is 0 Å². The van der Waals surface area contributed by atoms with E-state index in [1.807, 2.05) is 13.0 Å².